The van der Waals surface area contributed by atoms with E-state index in [4.69, 9.17) is 38.8 Å². The third-order valence-corrected chi connectivity index (χ3v) is 19.9. The molecule has 3 N–H and O–H groups in total. The number of amides is 3. The van der Waals surface area contributed by atoms with E-state index < -0.39 is 41.6 Å². The van der Waals surface area contributed by atoms with Crippen molar-refractivity contribution in [2.24, 2.45) is 11.8 Å². The highest BCUT2D eigenvalue weighted by atomic mass is 32.1. The zero-order valence-electron chi connectivity index (χ0n) is 54.6. The molecular formula is C70H83FN12O10S. The van der Waals surface area contributed by atoms with Gasteiger partial charge in [0.2, 0.25) is 11.8 Å². The van der Waals surface area contributed by atoms with Gasteiger partial charge in [-0.15, -0.1) is 16.4 Å². The van der Waals surface area contributed by atoms with Gasteiger partial charge in [0.15, 0.2) is 12.0 Å². The van der Waals surface area contributed by atoms with Crippen molar-refractivity contribution in [1.82, 2.24) is 54.8 Å². The lowest BCUT2D eigenvalue weighted by Gasteiger charge is -2.30. The van der Waals surface area contributed by atoms with Crippen molar-refractivity contribution in [3.8, 4) is 44.6 Å². The highest BCUT2D eigenvalue weighted by Crippen LogP contribution is 2.54. The zero-order valence-corrected chi connectivity index (χ0v) is 55.4. The van der Waals surface area contributed by atoms with Crippen molar-refractivity contribution in [3.63, 3.8) is 0 Å². The largest absolute Gasteiger partial charge is 0.486 e. The van der Waals surface area contributed by atoms with Crippen LogP contribution in [0.25, 0.3) is 54.6 Å². The molecule has 5 aliphatic rings. The highest BCUT2D eigenvalue weighted by molar-refractivity contribution is 7.13. The second-order valence-electron chi connectivity index (χ2n) is 27.2. The molecule has 13 rings (SSSR count). The van der Waals surface area contributed by atoms with E-state index in [0.29, 0.717) is 90.9 Å². The number of thiazole rings is 1. The quantitative estimate of drug-likeness (QED) is 0.0642. The summed E-state index contributed by atoms with van der Waals surface area (Å²) < 4.78 is 52.0. The average molecular weight is 1300 g/mol. The first-order valence-electron chi connectivity index (χ1n) is 32.9. The number of carbonyl (C=O) groups excluding carboxylic acids is 3. The lowest BCUT2D eigenvalue weighted by atomic mass is 9.88. The number of β-amino-alcohol motifs (C(OH)–C–C–N with tert-alkyl or cyclic N) is 1. The minimum Gasteiger partial charge on any atom is -0.486 e. The lowest BCUT2D eigenvalue weighted by molar-refractivity contribution is -0.142. The molecule has 0 bridgehead atoms. The van der Waals surface area contributed by atoms with Crippen LogP contribution in [0.2, 0.25) is 0 Å². The Morgan fingerprint density at radius 1 is 0.926 bits per heavy atom. The van der Waals surface area contributed by atoms with Crippen LogP contribution in [0.5, 0.6) is 11.8 Å². The maximum atomic E-state index is 17.0. The van der Waals surface area contributed by atoms with Crippen LogP contribution >= 0.6 is 11.3 Å². The van der Waals surface area contributed by atoms with Gasteiger partial charge < -0.3 is 53.9 Å². The van der Waals surface area contributed by atoms with Gasteiger partial charge in [0, 0.05) is 91.8 Å². The van der Waals surface area contributed by atoms with Crippen molar-refractivity contribution in [2.75, 3.05) is 64.6 Å². The van der Waals surface area contributed by atoms with Crippen LogP contribution in [0.15, 0.2) is 78.6 Å². The molecule has 94 heavy (non-hydrogen) atoms. The monoisotopic (exact) mass is 1300 g/mol. The van der Waals surface area contributed by atoms with E-state index in [2.05, 4.69) is 31.6 Å². The normalized spacial score (nSPS) is 20.7. The molecule has 7 atom stereocenters. The number of ether oxygens (including phenoxy) is 5. The van der Waals surface area contributed by atoms with E-state index in [9.17, 15) is 24.6 Å². The number of nitrogens with one attached hydrogen (secondary N) is 1. The summed E-state index contributed by atoms with van der Waals surface area (Å²) in [7, 11) is 1.99. The number of aliphatic hydroxyl groups is 2. The van der Waals surface area contributed by atoms with Crippen molar-refractivity contribution < 1.29 is 52.7 Å². The molecule has 0 spiro atoms. The Kier molecular flexibility index (Phi) is 18.5. The molecule has 4 aromatic heterocycles. The van der Waals surface area contributed by atoms with Crippen LogP contribution in [0, 0.1) is 31.5 Å². The number of aliphatic hydroxyl groups excluding tert-OH is 2. The van der Waals surface area contributed by atoms with Gasteiger partial charge in [0.1, 0.15) is 47.1 Å². The predicted octanol–water partition coefficient (Wildman–Crippen LogP) is 10.8. The number of fused-ring (bicyclic) bond motifs is 2. The fourth-order valence-electron chi connectivity index (χ4n) is 13.6. The molecule has 8 aromatic rings. The maximum absolute atomic E-state index is 17.0. The first-order chi connectivity index (χ1) is 45.3. The minimum atomic E-state index is -1.00. The molecule has 22 nitrogen and oxygen atoms in total. The van der Waals surface area contributed by atoms with Gasteiger partial charge in [-0.25, -0.2) is 23.5 Å². The number of aryl methyl sites for hydroxylation is 1. The Morgan fingerprint density at radius 2 is 1.71 bits per heavy atom. The first kappa shape index (κ1) is 64.5. The number of likely N-dealkylation sites (N-methyl/N-ethyl adjacent to an activating group) is 1. The molecule has 24 heteroatoms. The second-order valence-corrected chi connectivity index (χ2v) is 28.0. The predicted molar refractivity (Wildman–Crippen MR) is 353 cm³/mol. The molecule has 0 radical (unpaired) electrons. The number of likely N-dealkylation sites (tertiary alicyclic amines) is 2. The fourth-order valence-corrected chi connectivity index (χ4v) is 14.4. The first-order valence-corrected chi connectivity index (χ1v) is 33.8. The topological polar surface area (TPSA) is 247 Å². The van der Waals surface area contributed by atoms with Crippen molar-refractivity contribution in [1.29, 1.82) is 0 Å². The summed E-state index contributed by atoms with van der Waals surface area (Å²) in [5.74, 6) is -0.272. The number of benzene rings is 4. The molecular weight excluding hydrogens is 1220 g/mol. The smallest absolute Gasteiger partial charge is 0.410 e. The molecule has 3 amide bonds. The summed E-state index contributed by atoms with van der Waals surface area (Å²) in [6.07, 6.45) is 7.87. The van der Waals surface area contributed by atoms with E-state index in [0.717, 1.165) is 87.7 Å². The molecule has 4 aliphatic heterocycles. The van der Waals surface area contributed by atoms with Crippen molar-refractivity contribution in [2.45, 2.75) is 154 Å². The number of anilines is 1. The van der Waals surface area contributed by atoms with Crippen molar-refractivity contribution >= 4 is 56.9 Å². The molecule has 1 aliphatic carbocycles. The van der Waals surface area contributed by atoms with Crippen LogP contribution in [0.4, 0.5) is 15.0 Å². The molecule has 496 valence electrons. The standard InChI is InChI=1S/C70H83FN12O10S/c1-39(2)62(67(87)81-32-49(85)27-57(81)66(86)74-55(34-84)46-18-20-47(21-19-46)64-41(4)72-38-94-64)82-33-54(77-78-82)45-14-12-42(13-15-45)36-91-63-60(59-40(3)53(71)29-56-52(59)30-73-83(56)58-11-9-10-25-90-58)50(44-16-17-44)28-51-61(63)75-68(92-37-43-23-26-89-35-43)76-65(51)79(8)48-22-24-80(31-48)69(88)93-70(5,6)7/h12-15,18-21,28-30,33,38-39,43-44,48-49,55,57-58,62,84-85H,9-11,16-17,22-27,31-32,34-37H2,1-8H3,(H,74,86)/t43-,48-,49+,55-,57-,58?,62-/m0/s1. The number of halogens is 1. The minimum absolute atomic E-state index is 0.0265. The number of aromatic nitrogens is 8. The van der Waals surface area contributed by atoms with Gasteiger partial charge in [0.25, 0.3) is 0 Å². The summed E-state index contributed by atoms with van der Waals surface area (Å²) in [6, 6.07) is 16.4. The number of nitrogens with zero attached hydrogens (tertiary/aromatic N) is 11. The Hall–Kier alpha value is -8.16. The second kappa shape index (κ2) is 26.9. The number of hydrogen-bond donors (Lipinski definition) is 3. The Bertz CT molecular complexity index is 4080. The van der Waals surface area contributed by atoms with Crippen molar-refractivity contribution in [3.05, 3.63) is 112 Å². The summed E-state index contributed by atoms with van der Waals surface area (Å²) >= 11 is 1.54. The molecule has 4 saturated heterocycles. The SMILES string of the molecule is Cc1ncsc1-c1ccc([C@H](CO)NC(=O)[C@@H]2C[C@@H](O)CN2C(=O)[C@H](C(C)C)n2cc(-c3ccc(COc4c(-c5c(C)c(F)cc6c5cnn6C5CCCCO5)c(C5CC5)cc5c(N(C)[C@H]6CCN(C(=O)OC(C)(C)C)C6)nc(OC[C@H]6CCOC6)nc45)cc3)nn2)cc1. The fraction of sp³-hybridized carbons (Fsp3) is 0.500. The molecule has 4 aromatic carbocycles. The summed E-state index contributed by atoms with van der Waals surface area (Å²) in [4.78, 5) is 63.5. The summed E-state index contributed by atoms with van der Waals surface area (Å²) in [5.41, 5.74) is 9.62. The number of rotatable bonds is 20. The van der Waals surface area contributed by atoms with E-state index in [1.807, 2.05) is 108 Å². The van der Waals surface area contributed by atoms with Crippen LogP contribution in [-0.4, -0.2) is 161 Å². The van der Waals surface area contributed by atoms with E-state index in [-0.39, 0.29) is 74.1 Å². The van der Waals surface area contributed by atoms with Gasteiger partial charge in [-0.1, -0.05) is 67.6 Å². The van der Waals surface area contributed by atoms with Gasteiger partial charge in [-0.05, 0) is 125 Å². The van der Waals surface area contributed by atoms with E-state index in [1.54, 1.807) is 29.6 Å². The third kappa shape index (κ3) is 13.3. The Balaban J connectivity index is 0.817. The summed E-state index contributed by atoms with van der Waals surface area (Å²) in [6.45, 7) is 15.8. The third-order valence-electron chi connectivity index (χ3n) is 18.9. The number of carbonyl (C=O) groups is 3. The molecule has 8 heterocycles. The molecule has 1 unspecified atom stereocenters. The molecule has 5 fully saturated rings. The average Bonchev–Trinajstić information content (AvgIpc) is 1.33. The van der Waals surface area contributed by atoms with Crippen LogP contribution in [0.1, 0.15) is 138 Å². The van der Waals surface area contributed by atoms with Gasteiger partial charge in [-0.2, -0.15) is 15.1 Å². The van der Waals surface area contributed by atoms with Gasteiger partial charge in [0.05, 0.1) is 66.0 Å². The van der Waals surface area contributed by atoms with Crippen LogP contribution < -0.4 is 19.7 Å². The van der Waals surface area contributed by atoms with Gasteiger partial charge in [-0.3, -0.25) is 9.59 Å². The van der Waals surface area contributed by atoms with Crippen LogP contribution in [-0.2, 0) is 30.4 Å². The van der Waals surface area contributed by atoms with Gasteiger partial charge >= 0.3 is 12.1 Å². The Morgan fingerprint density at radius 3 is 2.40 bits per heavy atom. The molecule has 1 saturated carbocycles. The van der Waals surface area contributed by atoms with E-state index >= 15 is 4.39 Å². The van der Waals surface area contributed by atoms with Crippen LogP contribution in [0.3, 0.4) is 0 Å². The maximum Gasteiger partial charge on any atom is 0.410 e. The summed E-state index contributed by atoms with van der Waals surface area (Å²) in [5, 5.41) is 39.9. The van der Waals surface area contributed by atoms with E-state index in [1.165, 1.54) is 20.9 Å². The zero-order chi connectivity index (χ0) is 65.7. The lowest BCUT2D eigenvalue weighted by Crippen LogP contribution is -2.50. The number of hydrogen-bond acceptors (Lipinski definition) is 18. The highest BCUT2D eigenvalue weighted by Gasteiger charge is 2.44. The Labute approximate surface area is 549 Å².